The Morgan fingerprint density at radius 2 is 2.33 bits per heavy atom. The quantitative estimate of drug-likeness (QED) is 0.721. The van der Waals surface area contributed by atoms with Crippen molar-refractivity contribution in [1.29, 1.82) is 0 Å². The van der Waals surface area contributed by atoms with Crippen molar-refractivity contribution in [2.75, 3.05) is 6.54 Å². The van der Waals surface area contributed by atoms with E-state index in [1.165, 1.54) is 4.68 Å². The highest BCUT2D eigenvalue weighted by molar-refractivity contribution is 5.75. The summed E-state index contributed by atoms with van der Waals surface area (Å²) in [4.78, 5) is 11.4. The van der Waals surface area contributed by atoms with Crippen LogP contribution in [0, 0.1) is 5.92 Å². The second-order valence-corrected chi connectivity index (χ2v) is 3.82. The molecule has 1 aromatic rings. The van der Waals surface area contributed by atoms with E-state index in [1.54, 1.807) is 18.5 Å². The number of carbonyl (C=O) groups is 1. The third-order valence-electron chi connectivity index (χ3n) is 2.14. The lowest BCUT2D eigenvalue weighted by Gasteiger charge is -2.14. The van der Waals surface area contributed by atoms with Crippen molar-refractivity contribution >= 4 is 5.91 Å². The van der Waals surface area contributed by atoms with Gasteiger partial charge in [-0.25, -0.2) is 0 Å². The molecule has 0 aliphatic heterocycles. The molecular formula is C10H17N3O2. The van der Waals surface area contributed by atoms with Gasteiger partial charge in [0.1, 0.15) is 6.54 Å². The molecule has 0 radical (unpaired) electrons. The van der Waals surface area contributed by atoms with Crippen molar-refractivity contribution < 1.29 is 9.90 Å². The lowest BCUT2D eigenvalue weighted by atomic mass is 10.1. The Labute approximate surface area is 89.1 Å². The monoisotopic (exact) mass is 211 g/mol. The highest BCUT2D eigenvalue weighted by Gasteiger charge is 2.10. The molecule has 0 saturated carbocycles. The molecular weight excluding hydrogens is 194 g/mol. The van der Waals surface area contributed by atoms with E-state index in [2.05, 4.69) is 10.4 Å². The number of nitrogens with one attached hydrogen (secondary N) is 1. The Kier molecular flexibility index (Phi) is 4.30. The average Bonchev–Trinajstić information content (AvgIpc) is 2.66. The van der Waals surface area contributed by atoms with Crippen LogP contribution in [-0.4, -0.2) is 33.4 Å². The van der Waals surface area contributed by atoms with Gasteiger partial charge >= 0.3 is 0 Å². The van der Waals surface area contributed by atoms with Crippen molar-refractivity contribution in [2.45, 2.75) is 26.5 Å². The van der Waals surface area contributed by atoms with Crippen LogP contribution in [-0.2, 0) is 11.3 Å². The molecule has 15 heavy (non-hydrogen) atoms. The van der Waals surface area contributed by atoms with Gasteiger partial charge in [-0.2, -0.15) is 5.10 Å². The number of rotatable bonds is 5. The molecule has 1 aromatic heterocycles. The minimum atomic E-state index is -0.494. The number of aliphatic hydroxyl groups is 1. The first-order valence-electron chi connectivity index (χ1n) is 5.02. The molecule has 0 bridgehead atoms. The van der Waals surface area contributed by atoms with E-state index in [9.17, 15) is 9.90 Å². The van der Waals surface area contributed by atoms with Crippen molar-refractivity contribution in [1.82, 2.24) is 15.1 Å². The van der Waals surface area contributed by atoms with E-state index in [0.717, 1.165) is 0 Å². The fraction of sp³-hybridized carbons (Fsp3) is 0.600. The Bertz CT molecular complexity index is 296. The van der Waals surface area contributed by atoms with E-state index in [-0.39, 0.29) is 24.9 Å². The molecule has 1 atom stereocenters. The first kappa shape index (κ1) is 11.7. The summed E-state index contributed by atoms with van der Waals surface area (Å²) in [7, 11) is 0. The van der Waals surface area contributed by atoms with Crippen LogP contribution in [0.1, 0.15) is 13.8 Å². The van der Waals surface area contributed by atoms with Gasteiger partial charge in [0, 0.05) is 18.9 Å². The van der Waals surface area contributed by atoms with Crippen LogP contribution in [0.25, 0.3) is 0 Å². The Hall–Kier alpha value is -1.36. The minimum Gasteiger partial charge on any atom is -0.391 e. The maximum atomic E-state index is 11.4. The molecule has 0 aliphatic rings. The lowest BCUT2D eigenvalue weighted by molar-refractivity contribution is -0.122. The maximum absolute atomic E-state index is 11.4. The fourth-order valence-electron chi connectivity index (χ4n) is 1.05. The third kappa shape index (κ3) is 4.12. The van der Waals surface area contributed by atoms with Crippen LogP contribution in [0.15, 0.2) is 18.5 Å². The number of amides is 1. The maximum Gasteiger partial charge on any atom is 0.241 e. The van der Waals surface area contributed by atoms with Gasteiger partial charge in [0.2, 0.25) is 5.91 Å². The summed E-state index contributed by atoms with van der Waals surface area (Å²) in [6, 6.07) is 1.76. The van der Waals surface area contributed by atoms with Crippen LogP contribution in [0.4, 0.5) is 0 Å². The molecule has 1 rings (SSSR count). The zero-order chi connectivity index (χ0) is 11.3. The predicted molar refractivity (Wildman–Crippen MR) is 56.1 cm³/mol. The van der Waals surface area contributed by atoms with Gasteiger partial charge < -0.3 is 10.4 Å². The van der Waals surface area contributed by atoms with Gasteiger partial charge in [-0.15, -0.1) is 0 Å². The van der Waals surface area contributed by atoms with E-state index >= 15 is 0 Å². The van der Waals surface area contributed by atoms with Gasteiger partial charge in [0.15, 0.2) is 0 Å². The smallest absolute Gasteiger partial charge is 0.241 e. The zero-order valence-corrected chi connectivity index (χ0v) is 9.05. The van der Waals surface area contributed by atoms with E-state index in [0.29, 0.717) is 0 Å². The molecule has 1 unspecified atom stereocenters. The zero-order valence-electron chi connectivity index (χ0n) is 9.05. The molecule has 1 heterocycles. The summed E-state index contributed by atoms with van der Waals surface area (Å²) in [6.07, 6.45) is 2.85. The summed E-state index contributed by atoms with van der Waals surface area (Å²) in [5.41, 5.74) is 0. The number of carbonyl (C=O) groups excluding carboxylic acids is 1. The highest BCUT2D eigenvalue weighted by Crippen LogP contribution is 1.98. The van der Waals surface area contributed by atoms with Crippen molar-refractivity contribution in [3.63, 3.8) is 0 Å². The molecule has 0 aromatic carbocycles. The van der Waals surface area contributed by atoms with E-state index in [1.807, 2.05) is 13.8 Å². The Balaban J connectivity index is 2.25. The van der Waals surface area contributed by atoms with Gasteiger partial charge in [0.25, 0.3) is 0 Å². The van der Waals surface area contributed by atoms with E-state index < -0.39 is 6.10 Å². The van der Waals surface area contributed by atoms with Gasteiger partial charge in [-0.05, 0) is 12.0 Å². The van der Waals surface area contributed by atoms with Gasteiger partial charge in [-0.3, -0.25) is 9.48 Å². The number of nitrogens with zero attached hydrogens (tertiary/aromatic N) is 2. The van der Waals surface area contributed by atoms with Crippen molar-refractivity contribution in [3.8, 4) is 0 Å². The van der Waals surface area contributed by atoms with Crippen molar-refractivity contribution in [3.05, 3.63) is 18.5 Å². The molecule has 0 aliphatic carbocycles. The molecule has 2 N–H and O–H groups in total. The molecule has 1 amide bonds. The summed E-state index contributed by atoms with van der Waals surface area (Å²) in [6.45, 7) is 4.30. The largest absolute Gasteiger partial charge is 0.391 e. The SMILES string of the molecule is CC(C)C(O)CNC(=O)Cn1cccn1. The number of aromatic nitrogens is 2. The Morgan fingerprint density at radius 3 is 2.87 bits per heavy atom. The molecule has 0 spiro atoms. The molecule has 5 heteroatoms. The second-order valence-electron chi connectivity index (χ2n) is 3.82. The van der Waals surface area contributed by atoms with Crippen LogP contribution >= 0.6 is 0 Å². The summed E-state index contributed by atoms with van der Waals surface area (Å²) in [5.74, 6) is 0.00778. The van der Waals surface area contributed by atoms with Crippen molar-refractivity contribution in [2.24, 2.45) is 5.92 Å². The van der Waals surface area contributed by atoms with Gasteiger partial charge in [0.05, 0.1) is 6.10 Å². The molecule has 0 fully saturated rings. The minimum absolute atomic E-state index is 0.140. The standard InChI is InChI=1S/C10H17N3O2/c1-8(2)9(14)6-11-10(15)7-13-5-3-4-12-13/h3-5,8-9,14H,6-7H2,1-2H3,(H,11,15). The first-order chi connectivity index (χ1) is 7.09. The van der Waals surface area contributed by atoms with Crippen LogP contribution in [0.2, 0.25) is 0 Å². The van der Waals surface area contributed by atoms with Gasteiger partial charge in [-0.1, -0.05) is 13.8 Å². The summed E-state index contributed by atoms with van der Waals surface area (Å²) >= 11 is 0. The highest BCUT2D eigenvalue weighted by atomic mass is 16.3. The second kappa shape index (κ2) is 5.50. The number of hydrogen-bond donors (Lipinski definition) is 2. The van der Waals surface area contributed by atoms with Crippen LogP contribution in [0.3, 0.4) is 0 Å². The Morgan fingerprint density at radius 1 is 1.60 bits per heavy atom. The normalized spacial score (nSPS) is 12.8. The molecule has 5 nitrogen and oxygen atoms in total. The molecule has 0 saturated heterocycles. The van der Waals surface area contributed by atoms with Crippen LogP contribution in [0.5, 0.6) is 0 Å². The van der Waals surface area contributed by atoms with E-state index in [4.69, 9.17) is 0 Å². The average molecular weight is 211 g/mol. The predicted octanol–water partition coefficient (Wildman–Crippen LogP) is 0.0162. The molecule has 84 valence electrons. The number of aliphatic hydroxyl groups excluding tert-OH is 1. The lowest BCUT2D eigenvalue weighted by Crippen LogP contribution is -2.36. The van der Waals surface area contributed by atoms with Crippen LogP contribution < -0.4 is 5.32 Å². The third-order valence-corrected chi connectivity index (χ3v) is 2.14. The fourth-order valence-corrected chi connectivity index (χ4v) is 1.05. The summed E-state index contributed by atoms with van der Waals surface area (Å²) in [5, 5.41) is 16.0. The summed E-state index contributed by atoms with van der Waals surface area (Å²) < 4.78 is 1.54. The number of hydrogen-bond acceptors (Lipinski definition) is 3. The topological polar surface area (TPSA) is 67.2 Å². The first-order valence-corrected chi connectivity index (χ1v) is 5.02.